The molecule has 1 amide bonds. The van der Waals surface area contributed by atoms with Crippen molar-refractivity contribution in [2.24, 2.45) is 0 Å². The van der Waals surface area contributed by atoms with Crippen molar-refractivity contribution >= 4 is 23.2 Å². The van der Waals surface area contributed by atoms with E-state index >= 15 is 0 Å². The minimum Gasteiger partial charge on any atom is -0.478 e. The maximum atomic E-state index is 12.7. The summed E-state index contributed by atoms with van der Waals surface area (Å²) in [5.74, 6) is 0.508. The molecule has 138 valence electrons. The third-order valence-electron chi connectivity index (χ3n) is 4.70. The number of ether oxygens (including phenoxy) is 1. The highest BCUT2D eigenvalue weighted by atomic mass is 35.5. The lowest BCUT2D eigenvalue weighted by Crippen LogP contribution is -2.50. The van der Waals surface area contributed by atoms with Crippen LogP contribution in [0.4, 0.5) is 5.69 Å². The molecule has 1 fully saturated rings. The molecule has 1 atom stereocenters. The average Bonchev–Trinajstić information content (AvgIpc) is 3.10. The van der Waals surface area contributed by atoms with Gasteiger partial charge in [0.2, 0.25) is 0 Å². The van der Waals surface area contributed by atoms with Crippen molar-refractivity contribution in [3.05, 3.63) is 59.6 Å². The van der Waals surface area contributed by atoms with E-state index in [0.29, 0.717) is 23.4 Å². The molecule has 0 aromatic heterocycles. The summed E-state index contributed by atoms with van der Waals surface area (Å²) in [7, 11) is 0. The maximum absolute atomic E-state index is 12.7. The Hall–Kier alpha value is -2.20. The first-order valence-electron chi connectivity index (χ1n) is 9.00. The van der Waals surface area contributed by atoms with Gasteiger partial charge in [-0.3, -0.25) is 4.79 Å². The van der Waals surface area contributed by atoms with E-state index in [1.807, 2.05) is 18.2 Å². The van der Waals surface area contributed by atoms with E-state index in [2.05, 4.69) is 22.3 Å². The number of carbonyl (C=O) groups excluding carboxylic acids is 1. The fourth-order valence-electron chi connectivity index (χ4n) is 3.27. The van der Waals surface area contributed by atoms with Crippen LogP contribution in [0.2, 0.25) is 5.02 Å². The predicted molar refractivity (Wildman–Crippen MR) is 106 cm³/mol. The zero-order chi connectivity index (χ0) is 18.6. The number of benzene rings is 2. The molecule has 0 radical (unpaired) electrons. The van der Waals surface area contributed by atoms with Gasteiger partial charge in [-0.2, -0.15) is 0 Å². The Balaban J connectivity index is 1.57. The summed E-state index contributed by atoms with van der Waals surface area (Å²) >= 11 is 5.89. The summed E-state index contributed by atoms with van der Waals surface area (Å²) in [5.41, 5.74) is 0.255. The topological polar surface area (TPSA) is 41.6 Å². The van der Waals surface area contributed by atoms with Crippen LogP contribution in [0.3, 0.4) is 0 Å². The number of amides is 1. The molecule has 0 bridgehead atoms. The highest BCUT2D eigenvalue weighted by molar-refractivity contribution is 6.30. The number of hydrogen-bond donors (Lipinski definition) is 1. The van der Waals surface area contributed by atoms with Crippen LogP contribution in [0.5, 0.6) is 5.75 Å². The standard InChI is InChI=1S/C21H25ClN2O2/c1-21(2,26-19-12-10-16(22)11-13-19)20(25)23-15-18-9-6-14-24(18)17-7-4-3-5-8-17/h3-5,7-8,10-13,18H,6,9,14-15H2,1-2H3,(H,23,25). The first-order chi connectivity index (χ1) is 12.5. The molecule has 1 aliphatic rings. The lowest BCUT2D eigenvalue weighted by atomic mass is 10.1. The fourth-order valence-corrected chi connectivity index (χ4v) is 3.40. The Morgan fingerprint density at radius 2 is 1.88 bits per heavy atom. The van der Waals surface area contributed by atoms with Crippen molar-refractivity contribution in [2.75, 3.05) is 18.0 Å². The summed E-state index contributed by atoms with van der Waals surface area (Å²) in [4.78, 5) is 15.0. The van der Waals surface area contributed by atoms with Crippen molar-refractivity contribution in [3.8, 4) is 5.75 Å². The van der Waals surface area contributed by atoms with E-state index in [4.69, 9.17) is 16.3 Å². The maximum Gasteiger partial charge on any atom is 0.263 e. The first-order valence-corrected chi connectivity index (χ1v) is 9.38. The molecular weight excluding hydrogens is 348 g/mol. The lowest BCUT2D eigenvalue weighted by Gasteiger charge is -2.29. The number of nitrogens with zero attached hydrogens (tertiary/aromatic N) is 1. The summed E-state index contributed by atoms with van der Waals surface area (Å²) in [6.07, 6.45) is 2.22. The van der Waals surface area contributed by atoms with Crippen molar-refractivity contribution in [2.45, 2.75) is 38.3 Å². The molecule has 1 heterocycles. The first kappa shape index (κ1) is 18.6. The van der Waals surface area contributed by atoms with E-state index in [9.17, 15) is 4.79 Å². The van der Waals surface area contributed by atoms with E-state index < -0.39 is 5.60 Å². The van der Waals surface area contributed by atoms with Gasteiger partial charge in [0.05, 0.1) is 0 Å². The van der Waals surface area contributed by atoms with Gasteiger partial charge in [-0.15, -0.1) is 0 Å². The number of anilines is 1. The van der Waals surface area contributed by atoms with E-state index in [0.717, 1.165) is 19.4 Å². The monoisotopic (exact) mass is 372 g/mol. The molecule has 3 rings (SSSR count). The summed E-state index contributed by atoms with van der Waals surface area (Å²) in [6, 6.07) is 17.7. The number of para-hydroxylation sites is 1. The van der Waals surface area contributed by atoms with Crippen molar-refractivity contribution in [1.29, 1.82) is 0 Å². The smallest absolute Gasteiger partial charge is 0.263 e. The minimum absolute atomic E-state index is 0.118. The van der Waals surface area contributed by atoms with Crippen molar-refractivity contribution in [3.63, 3.8) is 0 Å². The van der Waals surface area contributed by atoms with Gasteiger partial charge in [0, 0.05) is 29.8 Å². The van der Waals surface area contributed by atoms with E-state index in [1.165, 1.54) is 5.69 Å². The third kappa shape index (κ3) is 4.50. The van der Waals surface area contributed by atoms with Gasteiger partial charge >= 0.3 is 0 Å². The number of carbonyl (C=O) groups is 1. The molecule has 0 aliphatic carbocycles. The van der Waals surface area contributed by atoms with Crippen LogP contribution in [0.15, 0.2) is 54.6 Å². The van der Waals surface area contributed by atoms with Gasteiger partial charge in [0.1, 0.15) is 5.75 Å². The average molecular weight is 373 g/mol. The Bertz CT molecular complexity index is 731. The molecular formula is C21H25ClN2O2. The third-order valence-corrected chi connectivity index (χ3v) is 4.95. The van der Waals surface area contributed by atoms with E-state index in [-0.39, 0.29) is 5.91 Å². The van der Waals surface area contributed by atoms with Crippen LogP contribution in [0, 0.1) is 0 Å². The van der Waals surface area contributed by atoms with Crippen LogP contribution in [-0.2, 0) is 4.79 Å². The van der Waals surface area contributed by atoms with Gasteiger partial charge < -0.3 is 15.0 Å². The zero-order valence-electron chi connectivity index (χ0n) is 15.2. The lowest BCUT2D eigenvalue weighted by molar-refractivity contribution is -0.134. The van der Waals surface area contributed by atoms with Gasteiger partial charge in [-0.25, -0.2) is 0 Å². The van der Waals surface area contributed by atoms with Gasteiger partial charge in [0.25, 0.3) is 5.91 Å². The van der Waals surface area contributed by atoms with Crippen LogP contribution < -0.4 is 15.0 Å². The molecule has 5 heteroatoms. The molecule has 26 heavy (non-hydrogen) atoms. The Kier molecular flexibility index (Phi) is 5.72. The highest BCUT2D eigenvalue weighted by Gasteiger charge is 2.32. The number of rotatable bonds is 6. The summed E-state index contributed by atoms with van der Waals surface area (Å²) in [5, 5.41) is 3.71. The van der Waals surface area contributed by atoms with Crippen molar-refractivity contribution in [1.82, 2.24) is 5.32 Å². The fraction of sp³-hybridized carbons (Fsp3) is 0.381. The second-order valence-electron chi connectivity index (χ2n) is 7.10. The second-order valence-corrected chi connectivity index (χ2v) is 7.54. The molecule has 1 saturated heterocycles. The molecule has 0 saturated carbocycles. The van der Waals surface area contributed by atoms with Gasteiger partial charge in [-0.05, 0) is 63.1 Å². The molecule has 1 aliphatic heterocycles. The number of nitrogens with one attached hydrogen (secondary N) is 1. The zero-order valence-corrected chi connectivity index (χ0v) is 16.0. The summed E-state index contributed by atoms with van der Waals surface area (Å²) < 4.78 is 5.86. The second kappa shape index (κ2) is 8.00. The predicted octanol–water partition coefficient (Wildman–Crippen LogP) is 4.28. The SMILES string of the molecule is CC(C)(Oc1ccc(Cl)cc1)C(=O)NCC1CCCN1c1ccccc1. The molecule has 0 spiro atoms. The summed E-state index contributed by atoms with van der Waals surface area (Å²) in [6.45, 7) is 5.19. The molecule has 4 nitrogen and oxygen atoms in total. The quantitative estimate of drug-likeness (QED) is 0.822. The molecule has 1 unspecified atom stereocenters. The highest BCUT2D eigenvalue weighted by Crippen LogP contribution is 2.25. The van der Waals surface area contributed by atoms with Crippen LogP contribution in [0.25, 0.3) is 0 Å². The minimum atomic E-state index is -0.954. The van der Waals surface area contributed by atoms with Gasteiger partial charge in [-0.1, -0.05) is 29.8 Å². The normalized spacial score (nSPS) is 17.2. The Morgan fingerprint density at radius 3 is 2.58 bits per heavy atom. The Morgan fingerprint density at radius 1 is 1.19 bits per heavy atom. The number of halogens is 1. The van der Waals surface area contributed by atoms with Crippen LogP contribution in [-0.4, -0.2) is 30.6 Å². The van der Waals surface area contributed by atoms with Crippen molar-refractivity contribution < 1.29 is 9.53 Å². The molecule has 2 aromatic carbocycles. The molecule has 2 aromatic rings. The van der Waals surface area contributed by atoms with Crippen LogP contribution in [0.1, 0.15) is 26.7 Å². The van der Waals surface area contributed by atoms with E-state index in [1.54, 1.807) is 38.1 Å². The van der Waals surface area contributed by atoms with Crippen LogP contribution >= 0.6 is 11.6 Å². The number of hydrogen-bond acceptors (Lipinski definition) is 3. The largest absolute Gasteiger partial charge is 0.478 e. The van der Waals surface area contributed by atoms with Gasteiger partial charge in [0.15, 0.2) is 5.60 Å². The Labute approximate surface area is 160 Å². The molecule has 1 N–H and O–H groups in total.